The van der Waals surface area contributed by atoms with Crippen molar-refractivity contribution in [3.05, 3.63) is 66.2 Å². The second-order valence-electron chi connectivity index (χ2n) is 7.30. The molecular formula is C22H24N2O2. The molecule has 2 aliphatic rings. The molecule has 0 saturated carbocycles. The predicted molar refractivity (Wildman–Crippen MR) is 102 cm³/mol. The molecule has 26 heavy (non-hydrogen) atoms. The summed E-state index contributed by atoms with van der Waals surface area (Å²) < 4.78 is 0. The van der Waals surface area contributed by atoms with Crippen molar-refractivity contribution in [1.82, 2.24) is 4.90 Å². The first-order valence-corrected chi connectivity index (χ1v) is 9.42. The van der Waals surface area contributed by atoms with E-state index in [-0.39, 0.29) is 11.8 Å². The zero-order chi connectivity index (χ0) is 17.9. The van der Waals surface area contributed by atoms with E-state index in [4.69, 9.17) is 0 Å². The number of likely N-dealkylation sites (tertiary alicyclic amines) is 1. The summed E-state index contributed by atoms with van der Waals surface area (Å²) in [5.41, 5.74) is 1.73. The van der Waals surface area contributed by atoms with E-state index < -0.39 is 0 Å². The van der Waals surface area contributed by atoms with Gasteiger partial charge in [0.15, 0.2) is 0 Å². The first-order chi connectivity index (χ1) is 12.7. The molecule has 2 atom stereocenters. The number of carbonyl (C=O) groups excluding carboxylic acids is 2. The van der Waals surface area contributed by atoms with Crippen LogP contribution in [0.5, 0.6) is 0 Å². The molecule has 2 heterocycles. The summed E-state index contributed by atoms with van der Waals surface area (Å²) in [6.07, 6.45) is 2.45. The first kappa shape index (κ1) is 16.8. The van der Waals surface area contributed by atoms with Gasteiger partial charge in [0.25, 0.3) is 5.91 Å². The number of hydrogen-bond acceptors (Lipinski definition) is 2. The van der Waals surface area contributed by atoms with E-state index >= 15 is 0 Å². The molecule has 2 aromatic rings. The second kappa shape index (κ2) is 7.32. The van der Waals surface area contributed by atoms with Gasteiger partial charge in [0.2, 0.25) is 5.91 Å². The Labute approximate surface area is 154 Å². The largest absolute Gasteiger partial charge is 0.338 e. The van der Waals surface area contributed by atoms with Crippen molar-refractivity contribution in [2.75, 3.05) is 24.5 Å². The van der Waals surface area contributed by atoms with E-state index in [2.05, 4.69) is 0 Å². The van der Waals surface area contributed by atoms with Crippen molar-refractivity contribution in [3.63, 3.8) is 0 Å². The number of amides is 2. The first-order valence-electron chi connectivity index (χ1n) is 9.42. The Morgan fingerprint density at radius 3 is 2.23 bits per heavy atom. The average Bonchev–Trinajstić information content (AvgIpc) is 2.86. The third-order valence-corrected chi connectivity index (χ3v) is 5.73. The van der Waals surface area contributed by atoms with E-state index in [1.165, 1.54) is 0 Å². The normalized spacial score (nSPS) is 23.3. The van der Waals surface area contributed by atoms with Gasteiger partial charge in [-0.2, -0.15) is 0 Å². The molecule has 2 saturated heterocycles. The maximum absolute atomic E-state index is 12.8. The third-order valence-electron chi connectivity index (χ3n) is 5.73. The van der Waals surface area contributed by atoms with Crippen molar-refractivity contribution in [1.29, 1.82) is 0 Å². The molecule has 134 valence electrons. The van der Waals surface area contributed by atoms with Crippen molar-refractivity contribution < 1.29 is 9.59 Å². The van der Waals surface area contributed by atoms with Gasteiger partial charge < -0.3 is 9.80 Å². The fourth-order valence-electron chi connectivity index (χ4n) is 4.26. The number of para-hydroxylation sites is 1. The van der Waals surface area contributed by atoms with Gasteiger partial charge in [-0.3, -0.25) is 9.59 Å². The number of fused-ring (bicyclic) bond motifs is 1. The fourth-order valence-corrected chi connectivity index (χ4v) is 4.26. The third kappa shape index (κ3) is 3.36. The monoisotopic (exact) mass is 348 g/mol. The lowest BCUT2D eigenvalue weighted by Crippen LogP contribution is -2.43. The lowest BCUT2D eigenvalue weighted by Gasteiger charge is -2.37. The van der Waals surface area contributed by atoms with Crippen LogP contribution in [0.25, 0.3) is 0 Å². The molecule has 0 unspecified atom stereocenters. The van der Waals surface area contributed by atoms with E-state index in [9.17, 15) is 9.59 Å². The SMILES string of the molecule is O=C(c1ccccc1)N1CC[C@@H]2CC(=O)N(c3ccccc3)CC[C@H]2C1. The van der Waals surface area contributed by atoms with E-state index in [0.717, 1.165) is 43.7 Å². The summed E-state index contributed by atoms with van der Waals surface area (Å²) >= 11 is 0. The number of carbonyl (C=O) groups is 2. The van der Waals surface area contributed by atoms with E-state index in [1.54, 1.807) is 0 Å². The highest BCUT2D eigenvalue weighted by molar-refractivity contribution is 5.95. The number of rotatable bonds is 2. The highest BCUT2D eigenvalue weighted by atomic mass is 16.2. The molecule has 0 aliphatic carbocycles. The van der Waals surface area contributed by atoms with Gasteiger partial charge in [-0.05, 0) is 48.9 Å². The predicted octanol–water partition coefficient (Wildman–Crippen LogP) is 3.59. The van der Waals surface area contributed by atoms with Crippen LogP contribution < -0.4 is 4.90 Å². The van der Waals surface area contributed by atoms with E-state index in [1.807, 2.05) is 70.5 Å². The zero-order valence-electron chi connectivity index (χ0n) is 14.9. The van der Waals surface area contributed by atoms with Crippen LogP contribution in [0.1, 0.15) is 29.6 Å². The molecule has 0 bridgehead atoms. The summed E-state index contributed by atoms with van der Waals surface area (Å²) in [6.45, 7) is 2.24. The summed E-state index contributed by atoms with van der Waals surface area (Å²) in [6, 6.07) is 19.4. The van der Waals surface area contributed by atoms with Crippen LogP contribution in [0.4, 0.5) is 5.69 Å². The number of nitrogens with zero attached hydrogens (tertiary/aromatic N) is 2. The van der Waals surface area contributed by atoms with Crippen LogP contribution >= 0.6 is 0 Å². The summed E-state index contributed by atoms with van der Waals surface area (Å²) in [7, 11) is 0. The van der Waals surface area contributed by atoms with Crippen molar-refractivity contribution in [3.8, 4) is 0 Å². The smallest absolute Gasteiger partial charge is 0.253 e. The molecule has 2 aliphatic heterocycles. The molecule has 2 fully saturated rings. The quantitative estimate of drug-likeness (QED) is 0.832. The molecule has 4 heteroatoms. The van der Waals surface area contributed by atoms with Gasteiger partial charge in [-0.15, -0.1) is 0 Å². The Bertz CT molecular complexity index is 775. The number of benzene rings is 2. The summed E-state index contributed by atoms with van der Waals surface area (Å²) in [5.74, 6) is 1.11. The highest BCUT2D eigenvalue weighted by Crippen LogP contribution is 2.34. The maximum Gasteiger partial charge on any atom is 0.253 e. The second-order valence-corrected chi connectivity index (χ2v) is 7.30. The molecule has 2 aromatic carbocycles. The molecule has 2 amide bonds. The standard InChI is InChI=1S/C22H24N2O2/c25-21-15-18-11-13-23(22(26)17-7-3-1-4-8-17)16-19(18)12-14-24(21)20-9-5-2-6-10-20/h1-10,18-19H,11-16H2/t18-,19+/m1/s1. The van der Waals surface area contributed by atoms with Gasteiger partial charge >= 0.3 is 0 Å². The Morgan fingerprint density at radius 1 is 0.846 bits per heavy atom. The lowest BCUT2D eigenvalue weighted by molar-refractivity contribution is -0.119. The molecule has 4 nitrogen and oxygen atoms in total. The van der Waals surface area contributed by atoms with Crippen LogP contribution in [0, 0.1) is 11.8 Å². The molecule has 0 N–H and O–H groups in total. The van der Waals surface area contributed by atoms with Crippen molar-refractivity contribution in [2.45, 2.75) is 19.3 Å². The van der Waals surface area contributed by atoms with Gasteiger partial charge in [-0.1, -0.05) is 36.4 Å². The van der Waals surface area contributed by atoms with Gasteiger partial charge in [0, 0.05) is 37.3 Å². The Kier molecular flexibility index (Phi) is 4.74. The van der Waals surface area contributed by atoms with Crippen LogP contribution in [0.3, 0.4) is 0 Å². The Balaban J connectivity index is 1.47. The van der Waals surface area contributed by atoms with Gasteiger partial charge in [-0.25, -0.2) is 0 Å². The highest BCUT2D eigenvalue weighted by Gasteiger charge is 2.36. The topological polar surface area (TPSA) is 40.6 Å². The van der Waals surface area contributed by atoms with E-state index in [0.29, 0.717) is 18.3 Å². The van der Waals surface area contributed by atoms with Crippen LogP contribution in [0.15, 0.2) is 60.7 Å². The van der Waals surface area contributed by atoms with Gasteiger partial charge in [0.1, 0.15) is 0 Å². The number of piperidine rings is 1. The summed E-state index contributed by atoms with van der Waals surface area (Å²) in [4.78, 5) is 29.4. The molecular weight excluding hydrogens is 324 g/mol. The fraction of sp³-hybridized carbons (Fsp3) is 0.364. The Morgan fingerprint density at radius 2 is 1.50 bits per heavy atom. The lowest BCUT2D eigenvalue weighted by atomic mass is 9.82. The minimum Gasteiger partial charge on any atom is -0.338 e. The van der Waals surface area contributed by atoms with Gasteiger partial charge in [0.05, 0.1) is 0 Å². The summed E-state index contributed by atoms with van der Waals surface area (Å²) in [5, 5.41) is 0. The maximum atomic E-state index is 12.8. The molecule has 0 aromatic heterocycles. The molecule has 0 spiro atoms. The van der Waals surface area contributed by atoms with Crippen LogP contribution in [-0.4, -0.2) is 36.3 Å². The molecule has 0 radical (unpaired) electrons. The van der Waals surface area contributed by atoms with Crippen LogP contribution in [0.2, 0.25) is 0 Å². The van der Waals surface area contributed by atoms with Crippen LogP contribution in [-0.2, 0) is 4.79 Å². The minimum atomic E-state index is 0.111. The number of anilines is 1. The zero-order valence-corrected chi connectivity index (χ0v) is 14.9. The minimum absolute atomic E-state index is 0.111. The van der Waals surface area contributed by atoms with Crippen molar-refractivity contribution in [2.24, 2.45) is 11.8 Å². The van der Waals surface area contributed by atoms with Crippen molar-refractivity contribution >= 4 is 17.5 Å². The average molecular weight is 348 g/mol. The number of hydrogen-bond donors (Lipinski definition) is 0. The molecule has 4 rings (SSSR count). The Hall–Kier alpha value is -2.62.